The molecular formula is C31H27N5O4S. The van der Waals surface area contributed by atoms with Gasteiger partial charge in [-0.15, -0.1) is 0 Å². The molecule has 2 heterocycles. The van der Waals surface area contributed by atoms with Gasteiger partial charge in [0.05, 0.1) is 17.2 Å². The monoisotopic (exact) mass is 565 g/mol. The van der Waals surface area contributed by atoms with Crippen LogP contribution in [0, 0.1) is 13.8 Å². The second-order valence-corrected chi connectivity index (χ2v) is 11.0. The Morgan fingerprint density at radius 2 is 1.68 bits per heavy atom. The molecule has 0 saturated heterocycles. The number of aryl methyl sites for hydroxylation is 2. The number of anilines is 3. The standard InChI is InChI=1S/C31H27N5O4S/c1-21-5-13-27(14-6-21)41(38,39)40-20-23-8-10-24(11-9-23)30(37)34-26-12-7-22(2)29(18-26)36-31-33-17-15-28(35-31)25-4-3-16-32-19-25/h3-19H,20H2,1-2H3,(H,34,37)(H,33,35,36). The summed E-state index contributed by atoms with van der Waals surface area (Å²) in [5.41, 5.74) is 5.88. The Hall–Kier alpha value is -4.93. The number of carbonyl (C=O) groups excluding carboxylic acids is 1. The molecule has 0 radical (unpaired) electrons. The van der Waals surface area contributed by atoms with E-state index in [0.717, 1.165) is 28.1 Å². The third-order valence-electron chi connectivity index (χ3n) is 6.26. The van der Waals surface area contributed by atoms with E-state index >= 15 is 0 Å². The van der Waals surface area contributed by atoms with Crippen molar-refractivity contribution in [3.8, 4) is 11.3 Å². The third kappa shape index (κ3) is 6.99. The van der Waals surface area contributed by atoms with Gasteiger partial charge in [-0.1, -0.05) is 35.9 Å². The fraction of sp³-hybridized carbons (Fsp3) is 0.0968. The minimum atomic E-state index is -3.89. The summed E-state index contributed by atoms with van der Waals surface area (Å²) in [7, 11) is -3.89. The third-order valence-corrected chi connectivity index (χ3v) is 7.54. The van der Waals surface area contributed by atoms with Crippen LogP contribution in [0.5, 0.6) is 0 Å². The van der Waals surface area contributed by atoms with Crippen LogP contribution in [0.3, 0.4) is 0 Å². The van der Waals surface area contributed by atoms with Crippen molar-refractivity contribution in [3.63, 3.8) is 0 Å². The highest BCUT2D eigenvalue weighted by Gasteiger charge is 2.15. The molecule has 0 bridgehead atoms. The fourth-order valence-corrected chi connectivity index (χ4v) is 4.82. The molecular weight excluding hydrogens is 538 g/mol. The van der Waals surface area contributed by atoms with Gasteiger partial charge in [-0.2, -0.15) is 8.42 Å². The molecule has 0 unspecified atom stereocenters. The molecule has 1 amide bonds. The van der Waals surface area contributed by atoms with Crippen LogP contribution >= 0.6 is 0 Å². The summed E-state index contributed by atoms with van der Waals surface area (Å²) < 4.78 is 30.1. The molecule has 5 rings (SSSR count). The van der Waals surface area contributed by atoms with Crippen molar-refractivity contribution in [3.05, 3.63) is 126 Å². The Labute approximate surface area is 238 Å². The van der Waals surface area contributed by atoms with Gasteiger partial charge < -0.3 is 10.6 Å². The van der Waals surface area contributed by atoms with Gasteiger partial charge in [0.15, 0.2) is 0 Å². The highest BCUT2D eigenvalue weighted by molar-refractivity contribution is 7.86. The van der Waals surface area contributed by atoms with E-state index in [0.29, 0.717) is 22.8 Å². The van der Waals surface area contributed by atoms with E-state index in [4.69, 9.17) is 4.18 Å². The van der Waals surface area contributed by atoms with Crippen molar-refractivity contribution in [2.45, 2.75) is 25.3 Å². The van der Waals surface area contributed by atoms with Crippen LogP contribution in [0.15, 0.2) is 108 Å². The molecule has 0 fully saturated rings. The molecule has 0 aliphatic heterocycles. The summed E-state index contributed by atoms with van der Waals surface area (Å²) in [6, 6.07) is 24.1. The average molecular weight is 566 g/mol. The first-order valence-corrected chi connectivity index (χ1v) is 14.2. The van der Waals surface area contributed by atoms with Crippen molar-refractivity contribution >= 4 is 33.3 Å². The lowest BCUT2D eigenvalue weighted by Gasteiger charge is -2.12. The summed E-state index contributed by atoms with van der Waals surface area (Å²) >= 11 is 0. The van der Waals surface area contributed by atoms with Crippen LogP contribution < -0.4 is 10.6 Å². The number of nitrogens with zero attached hydrogens (tertiary/aromatic N) is 3. The minimum Gasteiger partial charge on any atom is -0.324 e. The van der Waals surface area contributed by atoms with Crippen molar-refractivity contribution in [2.24, 2.45) is 0 Å². The Bertz CT molecular complexity index is 1780. The molecule has 3 aromatic carbocycles. The maximum Gasteiger partial charge on any atom is 0.297 e. The van der Waals surface area contributed by atoms with E-state index in [1.807, 2.05) is 50.2 Å². The zero-order chi connectivity index (χ0) is 28.8. The molecule has 41 heavy (non-hydrogen) atoms. The highest BCUT2D eigenvalue weighted by Crippen LogP contribution is 2.25. The first kappa shape index (κ1) is 27.6. The van der Waals surface area contributed by atoms with Gasteiger partial charge in [-0.05, 0) is 79.6 Å². The lowest BCUT2D eigenvalue weighted by molar-refractivity contribution is 0.102. The molecule has 206 valence electrons. The molecule has 2 aromatic heterocycles. The number of carbonyl (C=O) groups is 1. The van der Waals surface area contributed by atoms with Crippen molar-refractivity contribution in [1.29, 1.82) is 0 Å². The van der Waals surface area contributed by atoms with Crippen molar-refractivity contribution in [2.75, 3.05) is 10.6 Å². The number of benzene rings is 3. The van der Waals surface area contributed by atoms with Crippen LogP contribution in [0.4, 0.5) is 17.3 Å². The van der Waals surface area contributed by atoms with Crippen molar-refractivity contribution in [1.82, 2.24) is 15.0 Å². The number of amides is 1. The molecule has 0 saturated carbocycles. The molecule has 0 spiro atoms. The van der Waals surface area contributed by atoms with Gasteiger partial charge in [-0.25, -0.2) is 9.97 Å². The maximum atomic E-state index is 12.9. The zero-order valence-corrected chi connectivity index (χ0v) is 23.2. The first-order valence-electron chi connectivity index (χ1n) is 12.7. The van der Waals surface area contributed by atoms with Gasteiger partial charge in [-0.3, -0.25) is 14.0 Å². The van der Waals surface area contributed by atoms with Gasteiger partial charge in [0, 0.05) is 41.1 Å². The van der Waals surface area contributed by atoms with E-state index in [1.54, 1.807) is 55.0 Å². The van der Waals surface area contributed by atoms with Gasteiger partial charge in [0.2, 0.25) is 5.95 Å². The second kappa shape index (κ2) is 12.1. The van der Waals surface area contributed by atoms with E-state index in [-0.39, 0.29) is 17.4 Å². The lowest BCUT2D eigenvalue weighted by atomic mass is 10.1. The molecule has 0 aliphatic rings. The normalized spacial score (nSPS) is 11.2. The summed E-state index contributed by atoms with van der Waals surface area (Å²) in [5.74, 6) is 0.106. The van der Waals surface area contributed by atoms with Crippen LogP contribution in [0.1, 0.15) is 27.0 Å². The van der Waals surface area contributed by atoms with Crippen LogP contribution in [0.25, 0.3) is 11.3 Å². The number of hydrogen-bond acceptors (Lipinski definition) is 8. The van der Waals surface area contributed by atoms with Crippen LogP contribution in [-0.4, -0.2) is 29.3 Å². The first-order chi connectivity index (χ1) is 19.8. The highest BCUT2D eigenvalue weighted by atomic mass is 32.2. The summed E-state index contributed by atoms with van der Waals surface area (Å²) in [6.07, 6.45) is 5.11. The molecule has 0 atom stereocenters. The number of aromatic nitrogens is 3. The van der Waals surface area contributed by atoms with Crippen LogP contribution in [0.2, 0.25) is 0 Å². The Balaban J connectivity index is 1.22. The predicted molar refractivity (Wildman–Crippen MR) is 157 cm³/mol. The zero-order valence-electron chi connectivity index (χ0n) is 22.4. The van der Waals surface area contributed by atoms with Gasteiger partial charge in [0.25, 0.3) is 16.0 Å². The van der Waals surface area contributed by atoms with E-state index in [2.05, 4.69) is 25.6 Å². The quantitative estimate of drug-likeness (QED) is 0.207. The summed E-state index contributed by atoms with van der Waals surface area (Å²) in [5, 5.41) is 6.12. The van der Waals surface area contributed by atoms with E-state index in [1.165, 1.54) is 12.1 Å². The number of rotatable bonds is 9. The number of nitrogens with one attached hydrogen (secondary N) is 2. The van der Waals surface area contributed by atoms with E-state index < -0.39 is 10.1 Å². The molecule has 10 heteroatoms. The predicted octanol–water partition coefficient (Wildman–Crippen LogP) is 6.06. The molecule has 2 N–H and O–H groups in total. The number of hydrogen-bond donors (Lipinski definition) is 2. The maximum absolute atomic E-state index is 12.9. The van der Waals surface area contributed by atoms with Crippen molar-refractivity contribution < 1.29 is 17.4 Å². The molecule has 5 aromatic rings. The SMILES string of the molecule is Cc1ccc(S(=O)(=O)OCc2ccc(C(=O)Nc3ccc(C)c(Nc4nccc(-c5cccnc5)n4)c3)cc2)cc1. The lowest BCUT2D eigenvalue weighted by Crippen LogP contribution is -2.12. The van der Waals surface area contributed by atoms with Gasteiger partial charge >= 0.3 is 0 Å². The molecule has 0 aliphatic carbocycles. The Kier molecular flexibility index (Phi) is 8.14. The largest absolute Gasteiger partial charge is 0.324 e. The topological polar surface area (TPSA) is 123 Å². The summed E-state index contributed by atoms with van der Waals surface area (Å²) in [4.78, 5) is 26.1. The number of pyridine rings is 1. The van der Waals surface area contributed by atoms with Crippen LogP contribution in [-0.2, 0) is 20.9 Å². The molecule has 9 nitrogen and oxygen atoms in total. The summed E-state index contributed by atoms with van der Waals surface area (Å²) in [6.45, 7) is 3.68. The Morgan fingerprint density at radius 3 is 2.41 bits per heavy atom. The van der Waals surface area contributed by atoms with E-state index in [9.17, 15) is 13.2 Å². The van der Waals surface area contributed by atoms with Gasteiger partial charge in [0.1, 0.15) is 0 Å². The smallest absolute Gasteiger partial charge is 0.297 e. The second-order valence-electron chi connectivity index (χ2n) is 9.34. The minimum absolute atomic E-state index is 0.0961. The average Bonchev–Trinajstić information content (AvgIpc) is 2.99. The Morgan fingerprint density at radius 1 is 0.902 bits per heavy atom. The fourth-order valence-electron chi connectivity index (χ4n) is 3.92.